The third-order valence-electron chi connectivity index (χ3n) is 3.59. The molecule has 0 aliphatic heterocycles. The van der Waals surface area contributed by atoms with Gasteiger partial charge < -0.3 is 4.74 Å². The van der Waals surface area contributed by atoms with Crippen molar-refractivity contribution >= 4 is 44.9 Å². The van der Waals surface area contributed by atoms with E-state index in [1.54, 1.807) is 11.8 Å². The van der Waals surface area contributed by atoms with E-state index < -0.39 is 6.10 Å². The Balaban J connectivity index is 1.73. The number of thioether (sulfide) groups is 1. The maximum absolute atomic E-state index is 12.5. The van der Waals surface area contributed by atoms with Gasteiger partial charge in [-0.25, -0.2) is 0 Å². The summed E-state index contributed by atoms with van der Waals surface area (Å²) in [6.07, 6.45) is -0.0262. The lowest BCUT2D eigenvalue weighted by Gasteiger charge is -2.17. The van der Waals surface area contributed by atoms with Crippen LogP contribution < -0.4 is 10.1 Å². The fourth-order valence-corrected chi connectivity index (χ4v) is 4.05. The van der Waals surface area contributed by atoms with Gasteiger partial charge in [-0.1, -0.05) is 73.3 Å². The van der Waals surface area contributed by atoms with Gasteiger partial charge in [0.1, 0.15) is 5.75 Å². The van der Waals surface area contributed by atoms with E-state index in [-0.39, 0.29) is 5.91 Å². The van der Waals surface area contributed by atoms with E-state index >= 15 is 0 Å². The van der Waals surface area contributed by atoms with Gasteiger partial charge in [-0.15, -0.1) is 10.2 Å². The van der Waals surface area contributed by atoms with Gasteiger partial charge in [0, 0.05) is 5.39 Å². The zero-order chi connectivity index (χ0) is 17.6. The van der Waals surface area contributed by atoms with Gasteiger partial charge in [0.15, 0.2) is 10.4 Å². The van der Waals surface area contributed by atoms with Gasteiger partial charge in [0.25, 0.3) is 5.91 Å². The van der Waals surface area contributed by atoms with E-state index in [0.717, 1.165) is 20.9 Å². The van der Waals surface area contributed by atoms with Crippen LogP contribution >= 0.6 is 23.1 Å². The Hall–Kier alpha value is -2.12. The molecule has 5 nitrogen and oxygen atoms in total. The minimum Gasteiger partial charge on any atom is -0.480 e. The van der Waals surface area contributed by atoms with Crippen molar-refractivity contribution in [1.29, 1.82) is 0 Å². The molecule has 1 heterocycles. The molecule has 0 spiro atoms. The Morgan fingerprint density at radius 1 is 1.20 bits per heavy atom. The molecule has 0 radical (unpaired) electrons. The predicted octanol–water partition coefficient (Wildman–Crippen LogP) is 4.60. The molecule has 130 valence electrons. The first-order valence-electron chi connectivity index (χ1n) is 8.12. The van der Waals surface area contributed by atoms with Gasteiger partial charge in [-0.2, -0.15) is 0 Å². The Labute approximate surface area is 154 Å². The van der Waals surface area contributed by atoms with Gasteiger partial charge in [0.2, 0.25) is 5.13 Å². The van der Waals surface area contributed by atoms with Crippen molar-refractivity contribution in [2.75, 3.05) is 11.1 Å². The monoisotopic (exact) mass is 373 g/mol. The minimum atomic E-state index is -0.586. The topological polar surface area (TPSA) is 64.1 Å². The molecule has 25 heavy (non-hydrogen) atoms. The summed E-state index contributed by atoms with van der Waals surface area (Å²) in [6.45, 7) is 3.98. The van der Waals surface area contributed by atoms with E-state index in [4.69, 9.17) is 4.74 Å². The molecule has 1 atom stereocenters. The summed E-state index contributed by atoms with van der Waals surface area (Å²) >= 11 is 2.98. The number of carbonyl (C=O) groups excluding carboxylic acids is 1. The highest BCUT2D eigenvalue weighted by atomic mass is 32.2. The fourth-order valence-electron chi connectivity index (χ4n) is 2.40. The molecule has 0 aliphatic rings. The number of nitrogens with one attached hydrogen (secondary N) is 1. The molecule has 0 saturated heterocycles. The van der Waals surface area contributed by atoms with Crippen molar-refractivity contribution in [2.45, 2.75) is 30.7 Å². The number of hydrogen-bond donors (Lipinski definition) is 1. The molecule has 0 saturated carbocycles. The number of hydrogen-bond acceptors (Lipinski definition) is 6. The number of ether oxygens (including phenoxy) is 1. The van der Waals surface area contributed by atoms with Crippen molar-refractivity contribution in [1.82, 2.24) is 10.2 Å². The van der Waals surface area contributed by atoms with Crippen LogP contribution in [-0.4, -0.2) is 28.0 Å². The van der Waals surface area contributed by atoms with Gasteiger partial charge in [-0.3, -0.25) is 10.1 Å². The quantitative estimate of drug-likeness (QED) is 0.484. The summed E-state index contributed by atoms with van der Waals surface area (Å²) in [4.78, 5) is 12.5. The highest BCUT2D eigenvalue weighted by molar-refractivity contribution is 8.01. The largest absolute Gasteiger partial charge is 0.480 e. The summed E-state index contributed by atoms with van der Waals surface area (Å²) < 4.78 is 6.85. The van der Waals surface area contributed by atoms with E-state index in [1.807, 2.05) is 49.4 Å². The Morgan fingerprint density at radius 2 is 2.00 bits per heavy atom. The molecule has 3 aromatic rings. The summed E-state index contributed by atoms with van der Waals surface area (Å²) in [6, 6.07) is 13.8. The van der Waals surface area contributed by atoms with Crippen molar-refractivity contribution in [3.8, 4) is 5.75 Å². The summed E-state index contributed by atoms with van der Waals surface area (Å²) in [7, 11) is 0. The van der Waals surface area contributed by atoms with E-state index in [0.29, 0.717) is 17.3 Å². The summed E-state index contributed by atoms with van der Waals surface area (Å²) in [5.41, 5.74) is 0. The first kappa shape index (κ1) is 17.7. The first-order valence-corrected chi connectivity index (χ1v) is 9.93. The van der Waals surface area contributed by atoms with Crippen LogP contribution in [0.25, 0.3) is 10.8 Å². The SMILES string of the molecule is CCSc1nnc(NC(=O)C(CC)Oc2cccc3ccccc23)s1. The number of rotatable bonds is 7. The molecule has 2 aromatic carbocycles. The van der Waals surface area contributed by atoms with Crippen LogP contribution in [0.15, 0.2) is 46.8 Å². The van der Waals surface area contributed by atoms with Gasteiger partial charge in [-0.05, 0) is 23.6 Å². The van der Waals surface area contributed by atoms with Crippen LogP contribution in [0.2, 0.25) is 0 Å². The highest BCUT2D eigenvalue weighted by Gasteiger charge is 2.21. The Bertz CT molecular complexity index is 861. The average molecular weight is 374 g/mol. The lowest BCUT2D eigenvalue weighted by atomic mass is 10.1. The fraction of sp³-hybridized carbons (Fsp3) is 0.278. The molecule has 1 unspecified atom stereocenters. The second kappa shape index (κ2) is 8.31. The zero-order valence-corrected chi connectivity index (χ0v) is 15.7. The van der Waals surface area contributed by atoms with Crippen molar-refractivity contribution in [3.05, 3.63) is 42.5 Å². The lowest BCUT2D eigenvalue weighted by Crippen LogP contribution is -2.32. The summed E-state index contributed by atoms with van der Waals surface area (Å²) in [5.74, 6) is 1.42. The van der Waals surface area contributed by atoms with E-state index in [1.165, 1.54) is 11.3 Å². The number of benzene rings is 2. The molecule has 0 aliphatic carbocycles. The number of amides is 1. The van der Waals surface area contributed by atoms with Crippen LogP contribution in [0.5, 0.6) is 5.75 Å². The molecular weight excluding hydrogens is 354 g/mol. The normalized spacial score (nSPS) is 12.1. The maximum atomic E-state index is 12.5. The summed E-state index contributed by atoms with van der Waals surface area (Å²) in [5, 5.41) is 13.4. The number of nitrogens with zero attached hydrogens (tertiary/aromatic N) is 2. The molecule has 1 aromatic heterocycles. The molecule has 0 bridgehead atoms. The molecule has 1 N–H and O–H groups in total. The van der Waals surface area contributed by atoms with Crippen LogP contribution in [0.4, 0.5) is 5.13 Å². The number of anilines is 1. The Morgan fingerprint density at radius 3 is 2.80 bits per heavy atom. The molecule has 0 fully saturated rings. The van der Waals surface area contributed by atoms with Crippen molar-refractivity contribution in [3.63, 3.8) is 0 Å². The predicted molar refractivity (Wildman–Crippen MR) is 104 cm³/mol. The van der Waals surface area contributed by atoms with Gasteiger partial charge in [0.05, 0.1) is 0 Å². The average Bonchev–Trinajstić information content (AvgIpc) is 3.07. The van der Waals surface area contributed by atoms with Crippen molar-refractivity contribution < 1.29 is 9.53 Å². The van der Waals surface area contributed by atoms with Crippen LogP contribution in [-0.2, 0) is 4.79 Å². The zero-order valence-electron chi connectivity index (χ0n) is 14.1. The van der Waals surface area contributed by atoms with Crippen LogP contribution in [0.1, 0.15) is 20.3 Å². The van der Waals surface area contributed by atoms with Gasteiger partial charge >= 0.3 is 0 Å². The Kier molecular flexibility index (Phi) is 5.88. The second-order valence-corrected chi connectivity index (χ2v) is 7.78. The molecule has 3 rings (SSSR count). The molecule has 7 heteroatoms. The number of carbonyl (C=O) groups is 1. The third kappa shape index (κ3) is 4.29. The highest BCUT2D eigenvalue weighted by Crippen LogP contribution is 2.28. The maximum Gasteiger partial charge on any atom is 0.267 e. The number of aromatic nitrogens is 2. The minimum absolute atomic E-state index is 0.209. The van der Waals surface area contributed by atoms with Crippen LogP contribution in [0, 0.1) is 0 Å². The smallest absolute Gasteiger partial charge is 0.267 e. The number of fused-ring (bicyclic) bond motifs is 1. The molecule has 1 amide bonds. The second-order valence-electron chi connectivity index (χ2n) is 5.29. The lowest BCUT2D eigenvalue weighted by molar-refractivity contribution is -0.122. The third-order valence-corrected chi connectivity index (χ3v) is 5.44. The standard InChI is InChI=1S/C18H19N3O2S2/c1-3-14(16(22)19-17-20-21-18(25-17)24-4-2)23-15-11-7-9-12-8-5-6-10-13(12)15/h5-11,14H,3-4H2,1-2H3,(H,19,20,22). The first-order chi connectivity index (χ1) is 12.2. The van der Waals surface area contributed by atoms with Crippen molar-refractivity contribution in [2.24, 2.45) is 0 Å². The van der Waals surface area contributed by atoms with E-state index in [2.05, 4.69) is 22.4 Å². The van der Waals surface area contributed by atoms with Crippen LogP contribution in [0.3, 0.4) is 0 Å². The molecular formula is C18H19N3O2S2. The van der Waals surface area contributed by atoms with E-state index in [9.17, 15) is 4.79 Å².